The maximum absolute atomic E-state index is 4.98. The molecule has 5 heteroatoms. The zero-order valence-electron chi connectivity index (χ0n) is 25.0. The van der Waals surface area contributed by atoms with Crippen LogP contribution in [-0.2, 0) is 0 Å². The van der Waals surface area contributed by atoms with Crippen LogP contribution in [0, 0.1) is 6.92 Å². The molecule has 0 saturated carbocycles. The number of aryl methyl sites for hydroxylation is 1. The van der Waals surface area contributed by atoms with Gasteiger partial charge in [-0.3, -0.25) is 15.0 Å². The molecule has 0 amide bonds. The molecule has 9 aromatic rings. The lowest BCUT2D eigenvalue weighted by atomic mass is 9.91. The number of pyridine rings is 3. The van der Waals surface area contributed by atoms with Crippen LogP contribution in [-0.4, -0.2) is 19.9 Å². The third-order valence-corrected chi connectivity index (χ3v) is 9.69. The van der Waals surface area contributed by atoms with Gasteiger partial charge in [0.15, 0.2) is 0 Å². The number of aromatic nitrogens is 4. The molecule has 5 aromatic carbocycles. The van der Waals surface area contributed by atoms with E-state index in [1.807, 2.05) is 43.6 Å². The second kappa shape index (κ2) is 10.7. The van der Waals surface area contributed by atoms with Crippen molar-refractivity contribution in [2.75, 3.05) is 0 Å². The summed E-state index contributed by atoms with van der Waals surface area (Å²) < 4.78 is 1.16. The summed E-state index contributed by atoms with van der Waals surface area (Å²) in [4.78, 5) is 19.5. The minimum absolute atomic E-state index is 0.921. The van der Waals surface area contributed by atoms with Gasteiger partial charge in [-0.15, -0.1) is 11.3 Å². The van der Waals surface area contributed by atoms with Crippen molar-refractivity contribution in [1.82, 2.24) is 19.9 Å². The Morgan fingerprint density at radius 2 is 1.24 bits per heavy atom. The second-order valence-electron chi connectivity index (χ2n) is 11.6. The summed E-state index contributed by atoms with van der Waals surface area (Å²) >= 11 is 1.73. The van der Waals surface area contributed by atoms with Gasteiger partial charge in [-0.2, -0.15) is 0 Å². The molecular formula is C41H26N4S. The van der Waals surface area contributed by atoms with E-state index in [1.165, 1.54) is 0 Å². The summed E-state index contributed by atoms with van der Waals surface area (Å²) in [6.07, 6.45) is 3.96. The van der Waals surface area contributed by atoms with Gasteiger partial charge in [0.25, 0.3) is 0 Å². The summed E-state index contributed by atoms with van der Waals surface area (Å²) in [7, 11) is 0. The molecule has 0 saturated heterocycles. The highest BCUT2D eigenvalue weighted by Crippen LogP contribution is 2.40. The first-order chi connectivity index (χ1) is 22.7. The first-order valence-electron chi connectivity index (χ1n) is 15.3. The summed E-state index contributed by atoms with van der Waals surface area (Å²) in [6.45, 7) is 2.02. The smallest absolute Gasteiger partial charge is 0.124 e. The number of rotatable bonds is 4. The fourth-order valence-corrected chi connectivity index (χ4v) is 7.28. The summed E-state index contributed by atoms with van der Waals surface area (Å²) in [5.74, 6) is 0. The zero-order valence-corrected chi connectivity index (χ0v) is 25.8. The molecule has 0 atom stereocenters. The molecular weight excluding hydrogens is 581 g/mol. The predicted molar refractivity (Wildman–Crippen MR) is 192 cm³/mol. The summed E-state index contributed by atoms with van der Waals surface area (Å²) in [5, 5.41) is 4.32. The van der Waals surface area contributed by atoms with Crippen LogP contribution < -0.4 is 0 Å². The van der Waals surface area contributed by atoms with Crippen molar-refractivity contribution in [1.29, 1.82) is 0 Å². The van der Waals surface area contributed by atoms with E-state index in [1.54, 1.807) is 11.3 Å². The van der Waals surface area contributed by atoms with E-state index in [0.717, 1.165) is 92.6 Å². The number of thiazole rings is 1. The number of benzene rings is 5. The Balaban J connectivity index is 1.23. The van der Waals surface area contributed by atoms with Crippen LogP contribution in [0.25, 0.3) is 86.9 Å². The van der Waals surface area contributed by atoms with Crippen LogP contribution in [0.2, 0.25) is 0 Å². The van der Waals surface area contributed by atoms with Gasteiger partial charge < -0.3 is 0 Å². The number of para-hydroxylation sites is 1. The topological polar surface area (TPSA) is 51.6 Å². The van der Waals surface area contributed by atoms with Crippen molar-refractivity contribution < 1.29 is 0 Å². The van der Waals surface area contributed by atoms with E-state index in [0.29, 0.717) is 0 Å². The molecule has 0 fully saturated rings. The van der Waals surface area contributed by atoms with Gasteiger partial charge in [0.1, 0.15) is 5.01 Å². The maximum Gasteiger partial charge on any atom is 0.124 e. The molecule has 46 heavy (non-hydrogen) atoms. The van der Waals surface area contributed by atoms with E-state index >= 15 is 0 Å². The van der Waals surface area contributed by atoms with Gasteiger partial charge in [0.05, 0.1) is 26.8 Å². The van der Waals surface area contributed by atoms with Crippen LogP contribution in [0.1, 0.15) is 5.69 Å². The van der Waals surface area contributed by atoms with Gasteiger partial charge in [-0.1, -0.05) is 84.9 Å². The van der Waals surface area contributed by atoms with E-state index in [4.69, 9.17) is 19.9 Å². The molecule has 0 aliphatic heterocycles. The van der Waals surface area contributed by atoms with Crippen molar-refractivity contribution in [3.63, 3.8) is 0 Å². The van der Waals surface area contributed by atoms with Crippen molar-refractivity contribution >= 4 is 54.3 Å². The molecule has 4 nitrogen and oxygen atoms in total. The first-order valence-corrected chi connectivity index (χ1v) is 16.1. The van der Waals surface area contributed by atoms with Crippen LogP contribution >= 0.6 is 11.3 Å². The normalized spacial score (nSPS) is 11.6. The highest BCUT2D eigenvalue weighted by molar-refractivity contribution is 7.21. The van der Waals surface area contributed by atoms with Gasteiger partial charge in [0, 0.05) is 50.9 Å². The van der Waals surface area contributed by atoms with Crippen molar-refractivity contribution in [3.05, 3.63) is 145 Å². The average molecular weight is 607 g/mol. The number of hydrogen-bond acceptors (Lipinski definition) is 5. The van der Waals surface area contributed by atoms with E-state index in [-0.39, 0.29) is 0 Å². The molecule has 9 rings (SSSR count). The van der Waals surface area contributed by atoms with Crippen molar-refractivity contribution in [3.8, 4) is 44.0 Å². The zero-order chi connectivity index (χ0) is 30.6. The fraction of sp³-hybridized carbons (Fsp3) is 0.0244. The molecule has 0 N–H and O–H groups in total. The van der Waals surface area contributed by atoms with Crippen LogP contribution in [0.15, 0.2) is 140 Å². The third kappa shape index (κ3) is 4.61. The lowest BCUT2D eigenvalue weighted by molar-refractivity contribution is 1.25. The molecule has 0 spiro atoms. The quantitative estimate of drug-likeness (QED) is 0.187. The third-order valence-electron chi connectivity index (χ3n) is 8.62. The highest BCUT2D eigenvalue weighted by atomic mass is 32.1. The Morgan fingerprint density at radius 1 is 0.457 bits per heavy atom. The standard InChI is InChI=1S/C41H26N4S/c1-25-11-12-26-13-14-31-20-33(24-43-39(31)40(26)44-25)34-17-15-28(32-19-30-9-5-6-10-36(30)42-23-32)21-35(34)29-16-18-37-38(22-29)46-41(45-37)27-7-3-2-4-8-27/h2-24H,1H3. The monoisotopic (exact) mass is 606 g/mol. The Hall–Kier alpha value is -5.78. The Kier molecular flexibility index (Phi) is 6.18. The number of hydrogen-bond donors (Lipinski definition) is 0. The molecule has 0 aliphatic carbocycles. The fourth-order valence-electron chi connectivity index (χ4n) is 6.26. The van der Waals surface area contributed by atoms with E-state index in [2.05, 4.69) is 103 Å². The predicted octanol–water partition coefficient (Wildman–Crippen LogP) is 10.9. The SMILES string of the molecule is Cc1ccc2ccc3cc(-c4ccc(-c5cnc6ccccc6c5)cc4-c4ccc5nc(-c6ccccc6)sc5c4)cnc3c2n1. The highest BCUT2D eigenvalue weighted by Gasteiger charge is 2.15. The number of nitrogens with zero attached hydrogens (tertiary/aromatic N) is 4. The first kappa shape index (κ1) is 26.6. The number of fused-ring (bicyclic) bond motifs is 5. The molecule has 0 aliphatic rings. The van der Waals surface area contributed by atoms with Gasteiger partial charge in [0.2, 0.25) is 0 Å². The maximum atomic E-state index is 4.98. The molecule has 216 valence electrons. The minimum Gasteiger partial charge on any atom is -0.256 e. The molecule has 0 unspecified atom stereocenters. The van der Waals surface area contributed by atoms with Gasteiger partial charge in [-0.05, 0) is 71.6 Å². The van der Waals surface area contributed by atoms with Crippen LogP contribution in [0.4, 0.5) is 0 Å². The largest absolute Gasteiger partial charge is 0.256 e. The summed E-state index contributed by atoms with van der Waals surface area (Å²) in [6, 6.07) is 44.8. The summed E-state index contributed by atoms with van der Waals surface area (Å²) in [5.41, 5.74) is 12.6. The second-order valence-corrected chi connectivity index (χ2v) is 12.7. The Morgan fingerprint density at radius 3 is 2.17 bits per heavy atom. The van der Waals surface area contributed by atoms with E-state index in [9.17, 15) is 0 Å². The molecule has 4 aromatic heterocycles. The lowest BCUT2D eigenvalue weighted by Gasteiger charge is -2.14. The molecule has 0 radical (unpaired) electrons. The van der Waals surface area contributed by atoms with Crippen molar-refractivity contribution in [2.45, 2.75) is 6.92 Å². The van der Waals surface area contributed by atoms with Gasteiger partial charge >= 0.3 is 0 Å². The average Bonchev–Trinajstić information content (AvgIpc) is 3.55. The Bertz CT molecular complexity index is 2610. The van der Waals surface area contributed by atoms with Crippen molar-refractivity contribution in [2.24, 2.45) is 0 Å². The molecule has 4 heterocycles. The minimum atomic E-state index is 0.921. The molecule has 0 bridgehead atoms. The van der Waals surface area contributed by atoms with Gasteiger partial charge in [-0.25, -0.2) is 4.98 Å². The Labute approximate surface area is 269 Å². The van der Waals surface area contributed by atoms with E-state index < -0.39 is 0 Å². The van der Waals surface area contributed by atoms with Crippen LogP contribution in [0.5, 0.6) is 0 Å². The van der Waals surface area contributed by atoms with Crippen LogP contribution in [0.3, 0.4) is 0 Å². The lowest BCUT2D eigenvalue weighted by Crippen LogP contribution is -1.92.